The maximum Gasteiger partial charge on any atom is 0.484 e. The molecule has 1 rings (SSSR count). The molecular weight excluding hydrogens is 155 g/mol. The van der Waals surface area contributed by atoms with Gasteiger partial charge in [-0.05, 0) is 37.6 Å². The van der Waals surface area contributed by atoms with E-state index in [2.05, 4.69) is 0 Å². The molecule has 0 saturated heterocycles. The van der Waals surface area contributed by atoms with Crippen LogP contribution in [0.5, 0.6) is 0 Å². The van der Waals surface area contributed by atoms with Crippen LogP contribution in [0.1, 0.15) is 26.2 Å². The molecule has 0 bridgehead atoms. The second kappa shape index (κ2) is 4.07. The maximum absolute atomic E-state index is 8.94. The fraction of sp³-hybridized carbons (Fsp3) is 0.750. The van der Waals surface area contributed by atoms with Crippen molar-refractivity contribution in [1.82, 2.24) is 0 Å². The summed E-state index contributed by atoms with van der Waals surface area (Å²) in [6.45, 7) is 2.10. The van der Waals surface area contributed by atoms with Crippen LogP contribution in [0, 0.1) is 5.92 Å². The van der Waals surface area contributed by atoms with Crippen molar-refractivity contribution in [2.75, 3.05) is 6.61 Å². The Balaban J connectivity index is 2.64. The van der Waals surface area contributed by atoms with Crippen LogP contribution in [-0.2, 0) is 0 Å². The van der Waals surface area contributed by atoms with E-state index in [1.54, 1.807) is 0 Å². The fourth-order valence-corrected chi connectivity index (χ4v) is 1.74. The Morgan fingerprint density at radius 2 is 2.17 bits per heavy atom. The summed E-state index contributed by atoms with van der Waals surface area (Å²) in [6.07, 6.45) is 2.36. The second-order valence-electron chi connectivity index (χ2n) is 3.47. The van der Waals surface area contributed by atoms with Crippen molar-refractivity contribution in [2.24, 2.45) is 5.92 Å². The van der Waals surface area contributed by atoms with E-state index in [1.165, 1.54) is 0 Å². The first kappa shape index (κ1) is 9.77. The first-order valence-corrected chi connectivity index (χ1v) is 4.30. The molecule has 1 unspecified atom stereocenters. The minimum Gasteiger partial charge on any atom is -0.423 e. The third-order valence-corrected chi connectivity index (χ3v) is 2.53. The smallest absolute Gasteiger partial charge is 0.423 e. The van der Waals surface area contributed by atoms with Gasteiger partial charge in [0.25, 0.3) is 0 Å². The minimum absolute atomic E-state index is 0.201. The van der Waals surface area contributed by atoms with Gasteiger partial charge >= 0.3 is 7.12 Å². The lowest BCUT2D eigenvalue weighted by molar-refractivity contribution is 0.213. The molecule has 3 N–H and O–H groups in total. The van der Waals surface area contributed by atoms with Crippen molar-refractivity contribution in [1.29, 1.82) is 0 Å². The molecule has 1 aliphatic carbocycles. The lowest BCUT2D eigenvalue weighted by atomic mass is 9.68. The number of hydrogen-bond acceptors (Lipinski definition) is 3. The van der Waals surface area contributed by atoms with E-state index in [-0.39, 0.29) is 6.61 Å². The van der Waals surface area contributed by atoms with E-state index >= 15 is 0 Å². The quantitative estimate of drug-likeness (QED) is 0.515. The molecule has 0 aliphatic heterocycles. The van der Waals surface area contributed by atoms with Gasteiger partial charge in [0.1, 0.15) is 0 Å². The third-order valence-electron chi connectivity index (χ3n) is 2.53. The molecule has 0 aromatic rings. The summed E-state index contributed by atoms with van der Waals surface area (Å²) in [7, 11) is -1.30. The van der Waals surface area contributed by atoms with Crippen LogP contribution in [0.25, 0.3) is 0 Å². The third kappa shape index (κ3) is 2.09. The Kier molecular flexibility index (Phi) is 3.32. The Morgan fingerprint density at radius 1 is 1.50 bits per heavy atom. The molecule has 0 fully saturated rings. The summed E-state index contributed by atoms with van der Waals surface area (Å²) in [5.74, 6) is 0.312. The van der Waals surface area contributed by atoms with Gasteiger partial charge in [0.2, 0.25) is 0 Å². The summed E-state index contributed by atoms with van der Waals surface area (Å²) in [6, 6.07) is 0. The summed E-state index contributed by atoms with van der Waals surface area (Å²) in [4.78, 5) is 0. The fourth-order valence-electron chi connectivity index (χ4n) is 1.74. The predicted octanol–water partition coefficient (Wildman–Crippen LogP) is 0.107. The van der Waals surface area contributed by atoms with Crippen LogP contribution in [0.15, 0.2) is 11.0 Å². The highest BCUT2D eigenvalue weighted by atomic mass is 16.4. The normalized spacial score (nSPS) is 24.5. The molecule has 0 aromatic carbocycles. The zero-order valence-electron chi connectivity index (χ0n) is 7.32. The lowest BCUT2D eigenvalue weighted by Crippen LogP contribution is -2.23. The molecule has 3 nitrogen and oxygen atoms in total. The van der Waals surface area contributed by atoms with E-state index in [4.69, 9.17) is 15.2 Å². The van der Waals surface area contributed by atoms with Gasteiger partial charge in [-0.25, -0.2) is 0 Å². The summed E-state index contributed by atoms with van der Waals surface area (Å²) >= 11 is 0. The van der Waals surface area contributed by atoms with Gasteiger partial charge in [-0.15, -0.1) is 0 Å². The number of rotatable bonds is 2. The van der Waals surface area contributed by atoms with Gasteiger partial charge in [0.15, 0.2) is 0 Å². The molecule has 0 amide bonds. The molecular formula is C8H15BO3. The molecule has 0 radical (unpaired) electrons. The van der Waals surface area contributed by atoms with Crippen molar-refractivity contribution in [3.05, 3.63) is 11.0 Å². The Morgan fingerprint density at radius 3 is 2.58 bits per heavy atom. The summed E-state index contributed by atoms with van der Waals surface area (Å²) < 4.78 is 0. The Labute approximate surface area is 72.9 Å². The van der Waals surface area contributed by atoms with Gasteiger partial charge < -0.3 is 15.2 Å². The van der Waals surface area contributed by atoms with Crippen LogP contribution < -0.4 is 0 Å². The predicted molar refractivity (Wildman–Crippen MR) is 47.3 cm³/mol. The molecule has 12 heavy (non-hydrogen) atoms. The van der Waals surface area contributed by atoms with E-state index < -0.39 is 7.12 Å². The molecule has 0 heterocycles. The van der Waals surface area contributed by atoms with Crippen molar-refractivity contribution in [2.45, 2.75) is 26.2 Å². The standard InChI is InChI=1S/C8H15BO3/c1-6-4-7(5-10)2-3-8(6)9(11)12/h7,10-12H,2-5H2,1H3. The average molecular weight is 170 g/mol. The average Bonchev–Trinajstić information content (AvgIpc) is 2.03. The summed E-state index contributed by atoms with van der Waals surface area (Å²) in [5, 5.41) is 26.8. The molecule has 1 atom stereocenters. The molecule has 0 spiro atoms. The zero-order chi connectivity index (χ0) is 9.14. The van der Waals surface area contributed by atoms with Gasteiger partial charge in [0.05, 0.1) is 0 Å². The van der Waals surface area contributed by atoms with Crippen LogP contribution >= 0.6 is 0 Å². The molecule has 0 aromatic heterocycles. The molecule has 68 valence electrons. The number of aliphatic hydroxyl groups excluding tert-OH is 1. The number of allylic oxidation sites excluding steroid dienone is 2. The van der Waals surface area contributed by atoms with Crippen LogP contribution in [-0.4, -0.2) is 28.9 Å². The number of aliphatic hydroxyl groups is 1. The van der Waals surface area contributed by atoms with Crippen molar-refractivity contribution >= 4 is 7.12 Å². The Hall–Kier alpha value is -0.315. The lowest BCUT2D eigenvalue weighted by Gasteiger charge is -2.23. The van der Waals surface area contributed by atoms with E-state index in [0.717, 1.165) is 23.9 Å². The van der Waals surface area contributed by atoms with Crippen molar-refractivity contribution in [3.8, 4) is 0 Å². The van der Waals surface area contributed by atoms with Crippen molar-refractivity contribution in [3.63, 3.8) is 0 Å². The van der Waals surface area contributed by atoms with Crippen LogP contribution in [0.4, 0.5) is 0 Å². The monoisotopic (exact) mass is 170 g/mol. The molecule has 4 heteroatoms. The Bertz CT molecular complexity index is 189. The van der Waals surface area contributed by atoms with Crippen molar-refractivity contribution < 1.29 is 15.2 Å². The van der Waals surface area contributed by atoms with Gasteiger partial charge in [-0.1, -0.05) is 5.57 Å². The minimum atomic E-state index is -1.30. The highest BCUT2D eigenvalue weighted by molar-refractivity contribution is 6.50. The first-order valence-electron chi connectivity index (χ1n) is 4.30. The highest BCUT2D eigenvalue weighted by Gasteiger charge is 2.24. The van der Waals surface area contributed by atoms with E-state index in [1.807, 2.05) is 6.92 Å². The SMILES string of the molecule is CC1=C(B(O)O)CCC(CO)C1. The topological polar surface area (TPSA) is 60.7 Å². The van der Waals surface area contributed by atoms with Crippen LogP contribution in [0.3, 0.4) is 0 Å². The van der Waals surface area contributed by atoms with Crippen LogP contribution in [0.2, 0.25) is 0 Å². The van der Waals surface area contributed by atoms with E-state index in [0.29, 0.717) is 12.3 Å². The maximum atomic E-state index is 8.94. The zero-order valence-corrected chi connectivity index (χ0v) is 7.32. The second-order valence-corrected chi connectivity index (χ2v) is 3.47. The highest BCUT2D eigenvalue weighted by Crippen LogP contribution is 2.29. The van der Waals surface area contributed by atoms with Gasteiger partial charge in [0, 0.05) is 6.61 Å². The largest absolute Gasteiger partial charge is 0.484 e. The molecule has 0 saturated carbocycles. The number of hydrogen-bond donors (Lipinski definition) is 3. The van der Waals surface area contributed by atoms with Gasteiger partial charge in [-0.3, -0.25) is 0 Å². The molecule has 1 aliphatic rings. The van der Waals surface area contributed by atoms with E-state index in [9.17, 15) is 0 Å². The van der Waals surface area contributed by atoms with Gasteiger partial charge in [-0.2, -0.15) is 0 Å². The first-order chi connectivity index (χ1) is 5.65. The summed E-state index contributed by atoms with van der Waals surface area (Å²) in [5.41, 5.74) is 1.76.